The van der Waals surface area contributed by atoms with E-state index in [1.165, 1.54) is 0 Å². The van der Waals surface area contributed by atoms with Gasteiger partial charge in [0.05, 0.1) is 12.1 Å². The maximum absolute atomic E-state index is 14.2. The molecule has 1 aliphatic heterocycles. The van der Waals surface area contributed by atoms with Crippen molar-refractivity contribution in [3.63, 3.8) is 0 Å². The molecule has 7 unspecified atom stereocenters. The van der Waals surface area contributed by atoms with E-state index in [-0.39, 0.29) is 35.0 Å². The number of aliphatic carboxylic acids is 1. The minimum atomic E-state index is -0.866. The van der Waals surface area contributed by atoms with Gasteiger partial charge in [-0.25, -0.2) is 4.39 Å². The van der Waals surface area contributed by atoms with Crippen molar-refractivity contribution >= 4 is 21.9 Å². The number of hydroxylamine groups is 1. The molecule has 1 heterocycles. The van der Waals surface area contributed by atoms with Crippen LogP contribution in [-0.2, 0) is 9.63 Å². The molecule has 0 radical (unpaired) electrons. The van der Waals surface area contributed by atoms with Crippen LogP contribution in [0, 0.1) is 17.8 Å². The van der Waals surface area contributed by atoms with Crippen molar-refractivity contribution in [2.24, 2.45) is 17.8 Å². The summed E-state index contributed by atoms with van der Waals surface area (Å²) in [6, 6.07) is 0. The number of hydrogen-bond acceptors (Lipinski definition) is 4. The average molecular weight is 379 g/mol. The summed E-state index contributed by atoms with van der Waals surface area (Å²) in [5, 5.41) is 12.5. The topological polar surface area (TPSA) is 70.6 Å². The van der Waals surface area contributed by atoms with Gasteiger partial charge in [0.25, 0.3) is 0 Å². The summed E-state index contributed by atoms with van der Waals surface area (Å²) >= 11 is 3.49. The van der Waals surface area contributed by atoms with E-state index in [1.54, 1.807) is 0 Å². The lowest BCUT2D eigenvalue weighted by atomic mass is 9.79. The third kappa shape index (κ3) is 3.63. The largest absolute Gasteiger partial charge is 0.481 e. The summed E-state index contributed by atoms with van der Waals surface area (Å²) in [5.74, 6) is -0.880. The van der Waals surface area contributed by atoms with E-state index < -0.39 is 12.1 Å². The maximum atomic E-state index is 14.2. The molecule has 0 amide bonds. The van der Waals surface area contributed by atoms with Gasteiger partial charge in [0.15, 0.2) is 0 Å². The Morgan fingerprint density at radius 2 is 2.05 bits per heavy atom. The van der Waals surface area contributed by atoms with Crippen molar-refractivity contribution in [3.05, 3.63) is 0 Å². The molecule has 22 heavy (non-hydrogen) atoms. The summed E-state index contributed by atoms with van der Waals surface area (Å²) in [5.41, 5.74) is 2.98. The highest BCUT2D eigenvalue weighted by Gasteiger charge is 2.42. The number of carboxylic acid groups (broad SMARTS) is 1. The maximum Gasteiger partial charge on any atom is 0.306 e. The van der Waals surface area contributed by atoms with Gasteiger partial charge in [0.1, 0.15) is 12.4 Å². The van der Waals surface area contributed by atoms with E-state index in [4.69, 9.17) is 4.84 Å². The summed E-state index contributed by atoms with van der Waals surface area (Å²) in [4.78, 5) is 17.0. The molecule has 7 atom stereocenters. The molecule has 5 nitrogen and oxygen atoms in total. The van der Waals surface area contributed by atoms with E-state index in [1.807, 2.05) is 0 Å². The molecule has 0 aromatic carbocycles. The van der Waals surface area contributed by atoms with Gasteiger partial charge < -0.3 is 5.11 Å². The molecule has 3 aliphatic rings. The molecule has 0 spiro atoms. The molecule has 0 bridgehead atoms. The predicted molar refractivity (Wildman–Crippen MR) is 83.0 cm³/mol. The first-order valence-corrected chi connectivity index (χ1v) is 9.14. The molecule has 2 aliphatic carbocycles. The molecule has 3 rings (SSSR count). The van der Waals surface area contributed by atoms with Gasteiger partial charge in [0, 0.05) is 10.7 Å². The minimum Gasteiger partial charge on any atom is -0.481 e. The highest BCUT2D eigenvalue weighted by Crippen LogP contribution is 2.36. The second-order valence-corrected chi connectivity index (χ2v) is 8.15. The lowest BCUT2D eigenvalue weighted by molar-refractivity contribution is -0.143. The van der Waals surface area contributed by atoms with Gasteiger partial charge >= 0.3 is 5.97 Å². The Bertz CT molecular complexity index is 414. The van der Waals surface area contributed by atoms with Crippen molar-refractivity contribution in [1.29, 1.82) is 0 Å². The number of carboxylic acids is 1. The fourth-order valence-electron chi connectivity index (χ4n) is 4.02. The normalized spacial score (nSPS) is 46.5. The Kier molecular flexibility index (Phi) is 5.37. The predicted octanol–water partition coefficient (Wildman–Crippen LogP) is 2.56. The van der Waals surface area contributed by atoms with Gasteiger partial charge in [0.2, 0.25) is 0 Å². The van der Waals surface area contributed by atoms with Crippen LogP contribution < -0.4 is 10.8 Å². The highest BCUT2D eigenvalue weighted by atomic mass is 79.9. The number of halogens is 2. The summed E-state index contributed by atoms with van der Waals surface area (Å²) < 4.78 is 14.2. The van der Waals surface area contributed by atoms with Gasteiger partial charge in [-0.1, -0.05) is 22.4 Å². The fourth-order valence-corrected chi connectivity index (χ4v) is 4.64. The molecule has 7 heteroatoms. The first-order chi connectivity index (χ1) is 10.5. The third-order valence-electron chi connectivity index (χ3n) is 5.35. The van der Waals surface area contributed by atoms with E-state index in [0.717, 1.165) is 32.1 Å². The van der Waals surface area contributed by atoms with Crippen LogP contribution in [-0.4, -0.2) is 34.5 Å². The zero-order valence-corrected chi connectivity index (χ0v) is 14.1. The molecule has 0 aromatic heterocycles. The van der Waals surface area contributed by atoms with Crippen LogP contribution in [0.3, 0.4) is 0 Å². The quantitative estimate of drug-likeness (QED) is 0.658. The van der Waals surface area contributed by atoms with Crippen LogP contribution in [0.1, 0.15) is 44.9 Å². The van der Waals surface area contributed by atoms with Crippen LogP contribution in [0.2, 0.25) is 0 Å². The van der Waals surface area contributed by atoms with Crippen LogP contribution in [0.4, 0.5) is 4.39 Å². The molecule has 126 valence electrons. The van der Waals surface area contributed by atoms with Crippen molar-refractivity contribution in [1.82, 2.24) is 10.8 Å². The first kappa shape index (κ1) is 16.6. The Hall–Kier alpha value is -0.240. The third-order valence-corrected chi connectivity index (χ3v) is 6.18. The fraction of sp³-hybridized carbons (Fsp3) is 0.933. The van der Waals surface area contributed by atoms with E-state index in [0.29, 0.717) is 12.8 Å². The molecule has 1 saturated heterocycles. The second-order valence-electron chi connectivity index (χ2n) is 6.85. The second kappa shape index (κ2) is 7.11. The number of alkyl halides is 2. The number of rotatable bonds is 3. The molecular weight excluding hydrogens is 355 g/mol. The number of nitrogens with one attached hydrogen (secondary N) is 2. The van der Waals surface area contributed by atoms with Crippen molar-refractivity contribution in [2.75, 3.05) is 0 Å². The Morgan fingerprint density at radius 1 is 1.23 bits per heavy atom. The lowest BCUT2D eigenvalue weighted by Crippen LogP contribution is -2.46. The SMILES string of the molecule is O=C(O)C1CCCC(C2NOC(C3CCC(Br)CC3F)N2)C1. The van der Waals surface area contributed by atoms with Crippen molar-refractivity contribution in [3.8, 4) is 0 Å². The number of carbonyl (C=O) groups is 1. The van der Waals surface area contributed by atoms with Gasteiger partial charge in [-0.3, -0.25) is 14.9 Å². The zero-order chi connectivity index (χ0) is 15.7. The Morgan fingerprint density at radius 3 is 2.77 bits per heavy atom. The minimum absolute atomic E-state index is 0.0685. The molecular formula is C15H24BrFN2O3. The van der Waals surface area contributed by atoms with E-state index in [9.17, 15) is 14.3 Å². The number of hydrogen-bond donors (Lipinski definition) is 3. The monoisotopic (exact) mass is 378 g/mol. The summed E-state index contributed by atoms with van der Waals surface area (Å²) in [7, 11) is 0. The Labute approximate surface area is 138 Å². The first-order valence-electron chi connectivity index (χ1n) is 8.22. The average Bonchev–Trinajstić information content (AvgIpc) is 2.97. The molecule has 2 saturated carbocycles. The molecule has 0 aromatic rings. The van der Waals surface area contributed by atoms with Gasteiger partial charge in [-0.2, -0.15) is 5.48 Å². The van der Waals surface area contributed by atoms with Gasteiger partial charge in [-0.05, 0) is 44.4 Å². The molecule has 3 N–H and O–H groups in total. The Balaban J connectivity index is 1.54. The molecule has 3 fully saturated rings. The lowest BCUT2D eigenvalue weighted by Gasteiger charge is -2.33. The van der Waals surface area contributed by atoms with Gasteiger partial charge in [-0.15, -0.1) is 0 Å². The van der Waals surface area contributed by atoms with Crippen molar-refractivity contribution < 1.29 is 19.1 Å². The van der Waals surface area contributed by atoms with Crippen LogP contribution >= 0.6 is 15.9 Å². The zero-order valence-electron chi connectivity index (χ0n) is 12.5. The van der Waals surface area contributed by atoms with Crippen LogP contribution in [0.25, 0.3) is 0 Å². The van der Waals surface area contributed by atoms with Crippen LogP contribution in [0.15, 0.2) is 0 Å². The summed E-state index contributed by atoms with van der Waals surface area (Å²) in [6.07, 6.45) is 4.35. The van der Waals surface area contributed by atoms with Crippen LogP contribution in [0.5, 0.6) is 0 Å². The van der Waals surface area contributed by atoms with E-state index >= 15 is 0 Å². The standard InChI is InChI=1S/C15H24BrFN2O3/c16-10-4-5-11(12(17)7-10)14-18-13(19-22-14)8-2-1-3-9(6-8)15(20)21/h8-14,18-19H,1-7H2,(H,20,21). The summed E-state index contributed by atoms with van der Waals surface area (Å²) in [6.45, 7) is 0. The highest BCUT2D eigenvalue weighted by molar-refractivity contribution is 9.09. The smallest absolute Gasteiger partial charge is 0.306 e. The van der Waals surface area contributed by atoms with Crippen molar-refractivity contribution in [2.45, 2.75) is 68.3 Å². The van der Waals surface area contributed by atoms with E-state index in [2.05, 4.69) is 26.7 Å².